The Morgan fingerprint density at radius 3 is 1.11 bits per heavy atom. The molecule has 1 aliphatic rings. The monoisotopic (exact) mass is 1780 g/mol. The lowest BCUT2D eigenvalue weighted by Crippen LogP contribution is -2.26. The van der Waals surface area contributed by atoms with Gasteiger partial charge in [0.05, 0.1) is 90.1 Å². The molecule has 12 N–H and O–H groups in total. The first-order valence-corrected chi connectivity index (χ1v) is 43.7. The second-order valence-electron chi connectivity index (χ2n) is 32.8. The van der Waals surface area contributed by atoms with Crippen LogP contribution in [0.1, 0.15) is 74.7 Å². The van der Waals surface area contributed by atoms with E-state index in [0.717, 1.165) is 208 Å². The molecule has 666 valence electrons. The fraction of sp³-hybridized carbons (Fsp3) is 0.168. The number of nitrogens with one attached hydrogen (secondary N) is 4. The number of benzene rings is 6. The average molecular weight is 1780 g/mol. The fourth-order valence-electron chi connectivity index (χ4n) is 16.6. The highest BCUT2D eigenvalue weighted by Crippen LogP contribution is 2.32. The van der Waals surface area contributed by atoms with Crippen LogP contribution in [-0.4, -0.2) is 125 Å². The molecule has 1 saturated heterocycles. The Labute approximate surface area is 766 Å². The van der Waals surface area contributed by atoms with Crippen LogP contribution < -0.4 is 53.7 Å². The maximum Gasteiger partial charge on any atom is 0.215 e. The van der Waals surface area contributed by atoms with E-state index >= 15 is 0 Å². The van der Waals surface area contributed by atoms with Gasteiger partial charge in [-0.3, -0.25) is 18.7 Å². The van der Waals surface area contributed by atoms with Crippen molar-refractivity contribution >= 4 is 155 Å². The lowest BCUT2D eigenvalue weighted by molar-refractivity contribution is 0.0237. The Hall–Kier alpha value is -17.4. The second kappa shape index (κ2) is 37.8. The molecule has 0 atom stereocenters. The number of nitrogen functional groups attached to an aromatic ring is 4. The van der Waals surface area contributed by atoms with E-state index < -0.39 is 0 Å². The zero-order valence-corrected chi connectivity index (χ0v) is 73.7. The fourth-order valence-corrected chi connectivity index (χ4v) is 16.6. The van der Waals surface area contributed by atoms with Gasteiger partial charge in [-0.1, -0.05) is 66.7 Å². The quantitative estimate of drug-likeness (QED) is 0.0295. The van der Waals surface area contributed by atoms with Gasteiger partial charge in [0.25, 0.3) is 0 Å². The SMILES string of the molecule is COc1ncc(Cn2cc3c(NCc4ccc5c(N)nccc5c4)nccc3n2)cc1C.Cc1nc2cc(Cn3cc4c(NCc5ccc6c(N)nccc6c5)nccc4n3)ccc2o1.Cc1nc2ccc(Cn3cc4c(NCc5ccc6c(N)nccc6c5)nccc4n3)cc2o1.Nc1nccc2cc(CNc3nccc4nn(Cc5ccc(OC6CCOCC6)nc5)cc34)ccc12. The number of aromatic nitrogens is 20. The van der Waals surface area contributed by atoms with E-state index in [9.17, 15) is 0 Å². The van der Waals surface area contributed by atoms with Crippen molar-refractivity contribution in [2.45, 2.75) is 92.1 Å². The summed E-state index contributed by atoms with van der Waals surface area (Å²) in [6.07, 6.45) is 27.7. The molecule has 0 amide bonds. The van der Waals surface area contributed by atoms with Crippen LogP contribution >= 0.6 is 0 Å². The summed E-state index contributed by atoms with van der Waals surface area (Å²) in [4.78, 5) is 52.4. The first kappa shape index (κ1) is 84.8. The third kappa shape index (κ3) is 19.2. The Kier molecular flexibility index (Phi) is 23.9. The van der Waals surface area contributed by atoms with Crippen molar-refractivity contribution in [3.8, 4) is 11.8 Å². The molecule has 134 heavy (non-hydrogen) atoms. The number of anilines is 8. The molecular formula is C101H92N28O5. The van der Waals surface area contributed by atoms with Crippen LogP contribution in [0.5, 0.6) is 11.8 Å². The Bertz CT molecular complexity index is 7820. The average Bonchev–Trinajstić information content (AvgIpc) is 1.70. The second-order valence-corrected chi connectivity index (χ2v) is 32.8. The number of aryl methyl sites for hydroxylation is 3. The van der Waals surface area contributed by atoms with Crippen LogP contribution in [0, 0.1) is 20.8 Å². The maximum absolute atomic E-state index is 5.98. The smallest absolute Gasteiger partial charge is 0.215 e. The summed E-state index contributed by atoms with van der Waals surface area (Å²) in [7, 11) is 1.63. The van der Waals surface area contributed by atoms with Crippen LogP contribution in [-0.2, 0) is 57.1 Å². The van der Waals surface area contributed by atoms with Crippen molar-refractivity contribution in [2.24, 2.45) is 0 Å². The molecule has 0 bridgehead atoms. The Morgan fingerprint density at radius 1 is 0.336 bits per heavy atom. The normalized spacial score (nSPS) is 12.2. The molecule has 0 spiro atoms. The molecule has 0 aliphatic carbocycles. The van der Waals surface area contributed by atoms with Crippen LogP contribution in [0.15, 0.2) is 272 Å². The Morgan fingerprint density at radius 2 is 0.701 bits per heavy atom. The van der Waals surface area contributed by atoms with Crippen LogP contribution in [0.3, 0.4) is 0 Å². The van der Waals surface area contributed by atoms with Gasteiger partial charge in [0.15, 0.2) is 22.9 Å². The van der Waals surface area contributed by atoms with Crippen molar-refractivity contribution in [3.63, 3.8) is 0 Å². The van der Waals surface area contributed by atoms with E-state index in [2.05, 4.69) is 142 Å². The predicted octanol–water partition coefficient (Wildman–Crippen LogP) is 17.5. The summed E-state index contributed by atoms with van der Waals surface area (Å²) >= 11 is 0. The van der Waals surface area contributed by atoms with Crippen molar-refractivity contribution in [1.29, 1.82) is 0 Å². The summed E-state index contributed by atoms with van der Waals surface area (Å²) in [5.74, 6) is 8.00. The number of rotatable bonds is 23. The van der Waals surface area contributed by atoms with Crippen LogP contribution in [0.2, 0.25) is 0 Å². The molecule has 17 heterocycles. The van der Waals surface area contributed by atoms with Crippen molar-refractivity contribution < 1.29 is 23.0 Å². The zero-order chi connectivity index (χ0) is 91.1. The number of hydrogen-bond donors (Lipinski definition) is 8. The molecule has 1 fully saturated rings. The zero-order valence-electron chi connectivity index (χ0n) is 73.7. The third-order valence-corrected chi connectivity index (χ3v) is 23.2. The van der Waals surface area contributed by atoms with Gasteiger partial charge in [0.2, 0.25) is 11.8 Å². The standard InChI is InChI=1S/C27H27N7O2.2C25H21N7O.C24H23N7O/c28-26-22-3-1-18(13-20(22)5-9-29-26)14-32-27-23-17-34(33-24(23)6-10-30-27)16-19-2-4-25(31-15-19)36-21-7-11-35-12-8-21;1-15-30-22-11-17(3-5-23(22)33-15)13-32-14-20-21(31-32)7-9-28-25(20)29-12-16-2-4-19-18(10-16)6-8-27-24(19)26;1-15-30-22-5-3-17(11-23(22)33-15)13-32-14-20-21(31-32)7-9-28-25(20)29-12-16-2-4-19-18(10-16)6-8-27-24(19)26;1-15-9-17(12-29-24(15)32-2)13-31-14-20-21(30-31)6-8-27-23(20)28-11-16-3-4-19-18(10-16)5-7-26-22(19)25/h1-6,9-10,13,15,17,21H,7-8,11-12,14,16H2,(H2,28,29)(H,30,32);2*2-11,14H,12-13H2,1H3,(H2,26,27)(H,28,29);3-10,12,14H,11,13H2,1-2H3,(H2,25,26)(H,27,28). The van der Waals surface area contributed by atoms with Gasteiger partial charge in [-0.2, -0.15) is 20.4 Å². The lowest BCUT2D eigenvalue weighted by Gasteiger charge is -2.22. The highest BCUT2D eigenvalue weighted by atomic mass is 16.5. The first-order valence-electron chi connectivity index (χ1n) is 43.7. The summed E-state index contributed by atoms with van der Waals surface area (Å²) < 4.78 is 35.5. The molecular weight excluding hydrogens is 1690 g/mol. The van der Waals surface area contributed by atoms with Gasteiger partial charge in [0.1, 0.15) is 63.7 Å². The third-order valence-electron chi connectivity index (χ3n) is 23.2. The van der Waals surface area contributed by atoms with Crippen molar-refractivity contribution in [3.05, 3.63) is 325 Å². The lowest BCUT2D eigenvalue weighted by atomic mass is 10.1. The number of ether oxygens (including phenoxy) is 3. The first-order chi connectivity index (χ1) is 65.5. The summed E-state index contributed by atoms with van der Waals surface area (Å²) in [6, 6.07) is 58.4. The molecule has 22 aromatic rings. The van der Waals surface area contributed by atoms with E-state index in [1.807, 2.05) is 192 Å². The maximum atomic E-state index is 5.98. The highest BCUT2D eigenvalue weighted by molar-refractivity contribution is 5.96. The molecule has 1 aliphatic heterocycles. The largest absolute Gasteiger partial charge is 0.481 e. The summed E-state index contributed by atoms with van der Waals surface area (Å²) in [6.45, 7) is 12.2. The van der Waals surface area contributed by atoms with E-state index in [1.165, 1.54) is 0 Å². The number of oxazole rings is 2. The minimum absolute atomic E-state index is 0.177. The van der Waals surface area contributed by atoms with Gasteiger partial charge in [0, 0.05) is 173 Å². The predicted molar refractivity (Wildman–Crippen MR) is 522 cm³/mol. The van der Waals surface area contributed by atoms with E-state index in [0.29, 0.717) is 99.2 Å². The van der Waals surface area contributed by atoms with Gasteiger partial charge in [-0.15, -0.1) is 0 Å². The number of hydrogen-bond acceptors (Lipinski definition) is 29. The summed E-state index contributed by atoms with van der Waals surface area (Å²) in [5.41, 5.74) is 40.6. The molecule has 6 aromatic carbocycles. The van der Waals surface area contributed by atoms with Gasteiger partial charge < -0.3 is 67.2 Å². The molecule has 33 nitrogen and oxygen atoms in total. The van der Waals surface area contributed by atoms with Crippen molar-refractivity contribution in [2.75, 3.05) is 64.5 Å². The van der Waals surface area contributed by atoms with E-state index in [1.54, 1.807) is 56.7 Å². The topological polar surface area (TPSA) is 432 Å². The summed E-state index contributed by atoms with van der Waals surface area (Å²) in [5, 5.41) is 44.7. The minimum Gasteiger partial charge on any atom is -0.481 e. The number of nitrogens with two attached hydrogens (primary N) is 4. The molecule has 33 heteroatoms. The van der Waals surface area contributed by atoms with E-state index in [4.69, 9.17) is 66.4 Å². The molecule has 16 aromatic heterocycles. The van der Waals surface area contributed by atoms with Gasteiger partial charge >= 0.3 is 0 Å². The molecule has 0 radical (unpaired) electrons. The van der Waals surface area contributed by atoms with Crippen LogP contribution in [0.25, 0.3) is 109 Å². The van der Waals surface area contributed by atoms with Gasteiger partial charge in [-0.25, -0.2) is 59.8 Å². The molecule has 23 rings (SSSR count). The highest BCUT2D eigenvalue weighted by Gasteiger charge is 2.20. The van der Waals surface area contributed by atoms with Gasteiger partial charge in [-0.05, 0) is 176 Å². The van der Waals surface area contributed by atoms with Crippen molar-refractivity contribution in [1.82, 2.24) is 98.9 Å². The molecule has 0 unspecified atom stereocenters. The number of fused-ring (bicyclic) bond motifs is 10. The van der Waals surface area contributed by atoms with Crippen LogP contribution in [0.4, 0.5) is 46.5 Å². The van der Waals surface area contributed by atoms with E-state index in [-0.39, 0.29) is 6.10 Å². The Balaban J connectivity index is 0.000000111. The number of nitrogens with zero attached hydrogens (tertiary/aromatic N) is 20. The minimum atomic E-state index is 0.177. The molecule has 0 saturated carbocycles. The number of methoxy groups -OCH3 is 1. The number of pyridine rings is 10.